The molecular formula is C26H31FN6O4. The Morgan fingerprint density at radius 1 is 1.24 bits per heavy atom. The molecule has 11 heteroatoms. The number of hydrogen-bond donors (Lipinski definition) is 3. The standard InChI is InChI=1S/C26H31FN6O4/c1-15-8-6-7-11-33(15)23(34)13-20(31-26(36)21-12-16(2)37-32-21)25(35)29-17(3)24-28-14-22(30-24)18-9-4-5-10-19(18)27/h4-5,9-10,12,14-15,17,20H,6-8,11,13H2,1-3H3,(H,28,30)(H,29,35)(H,31,36)/t15-,17-,20-/m0/s1. The summed E-state index contributed by atoms with van der Waals surface area (Å²) in [6, 6.07) is 6.06. The summed E-state index contributed by atoms with van der Waals surface area (Å²) < 4.78 is 19.1. The average Bonchev–Trinajstić information content (AvgIpc) is 3.53. The fourth-order valence-corrected chi connectivity index (χ4v) is 4.43. The highest BCUT2D eigenvalue weighted by Crippen LogP contribution is 2.22. The molecule has 4 rings (SSSR count). The second kappa shape index (κ2) is 11.4. The molecule has 10 nitrogen and oxygen atoms in total. The van der Waals surface area contributed by atoms with Gasteiger partial charge in [-0.3, -0.25) is 14.4 Å². The number of aromatic nitrogens is 3. The summed E-state index contributed by atoms with van der Waals surface area (Å²) >= 11 is 0. The molecule has 0 aliphatic carbocycles. The van der Waals surface area contributed by atoms with E-state index in [9.17, 15) is 18.8 Å². The van der Waals surface area contributed by atoms with Crippen molar-refractivity contribution in [3.05, 3.63) is 59.6 Å². The molecule has 3 N–H and O–H groups in total. The zero-order chi connectivity index (χ0) is 26.5. The van der Waals surface area contributed by atoms with Crippen LogP contribution >= 0.6 is 0 Å². The number of aromatic amines is 1. The van der Waals surface area contributed by atoms with Gasteiger partial charge in [0.15, 0.2) is 5.69 Å². The molecule has 1 aliphatic heterocycles. The molecule has 3 amide bonds. The molecule has 1 aromatic carbocycles. The van der Waals surface area contributed by atoms with Crippen molar-refractivity contribution < 1.29 is 23.3 Å². The number of hydrogen-bond acceptors (Lipinski definition) is 6. The quantitative estimate of drug-likeness (QED) is 0.426. The molecule has 1 fully saturated rings. The van der Waals surface area contributed by atoms with Gasteiger partial charge in [-0.2, -0.15) is 0 Å². The van der Waals surface area contributed by atoms with E-state index in [0.717, 1.165) is 19.3 Å². The molecule has 3 aromatic rings. The Bertz CT molecular complexity index is 1270. The van der Waals surface area contributed by atoms with Gasteiger partial charge < -0.3 is 25.0 Å². The number of carbonyl (C=O) groups is 3. The van der Waals surface area contributed by atoms with Gasteiger partial charge >= 0.3 is 0 Å². The van der Waals surface area contributed by atoms with Gasteiger partial charge in [0.2, 0.25) is 11.8 Å². The minimum absolute atomic E-state index is 0.0164. The maximum absolute atomic E-state index is 14.2. The van der Waals surface area contributed by atoms with Crippen LogP contribution in [-0.4, -0.2) is 56.4 Å². The highest BCUT2D eigenvalue weighted by molar-refractivity contribution is 5.97. The Balaban J connectivity index is 1.48. The van der Waals surface area contributed by atoms with E-state index in [0.29, 0.717) is 29.4 Å². The van der Waals surface area contributed by atoms with Crippen molar-refractivity contribution in [3.8, 4) is 11.3 Å². The molecule has 0 unspecified atom stereocenters. The Labute approximate surface area is 214 Å². The van der Waals surface area contributed by atoms with Gasteiger partial charge in [-0.25, -0.2) is 9.37 Å². The molecular weight excluding hydrogens is 479 g/mol. The van der Waals surface area contributed by atoms with Crippen LogP contribution in [0.2, 0.25) is 0 Å². The van der Waals surface area contributed by atoms with Gasteiger partial charge in [0.05, 0.1) is 24.4 Å². The minimum Gasteiger partial charge on any atom is -0.361 e. The summed E-state index contributed by atoms with van der Waals surface area (Å²) in [6.07, 6.45) is 4.13. The number of halogens is 1. The van der Waals surface area contributed by atoms with Crippen LogP contribution < -0.4 is 10.6 Å². The number of likely N-dealkylation sites (tertiary alicyclic amines) is 1. The van der Waals surface area contributed by atoms with E-state index in [2.05, 4.69) is 25.8 Å². The SMILES string of the molecule is Cc1cc(C(=O)N[C@@H](CC(=O)N2CCCC[C@@H]2C)C(=O)N[C@@H](C)c2ncc(-c3ccccc3F)[nH]2)no1. The fourth-order valence-electron chi connectivity index (χ4n) is 4.43. The normalized spacial score (nSPS) is 17.2. The first-order valence-corrected chi connectivity index (χ1v) is 12.4. The summed E-state index contributed by atoms with van der Waals surface area (Å²) in [5, 5.41) is 9.12. The van der Waals surface area contributed by atoms with Crippen molar-refractivity contribution in [2.75, 3.05) is 6.54 Å². The molecule has 37 heavy (non-hydrogen) atoms. The molecule has 0 spiro atoms. The third-order valence-corrected chi connectivity index (χ3v) is 6.51. The molecule has 196 valence electrons. The summed E-state index contributed by atoms with van der Waals surface area (Å²) in [7, 11) is 0. The molecule has 0 bridgehead atoms. The number of aryl methyl sites for hydroxylation is 1. The van der Waals surface area contributed by atoms with Gasteiger partial charge in [0.25, 0.3) is 5.91 Å². The van der Waals surface area contributed by atoms with E-state index >= 15 is 0 Å². The highest BCUT2D eigenvalue weighted by Gasteiger charge is 2.31. The first-order valence-electron chi connectivity index (χ1n) is 12.4. The number of amides is 3. The lowest BCUT2D eigenvalue weighted by Gasteiger charge is -2.34. The summed E-state index contributed by atoms with van der Waals surface area (Å²) in [5.41, 5.74) is 0.839. The molecule has 1 aliphatic rings. The Morgan fingerprint density at radius 3 is 2.73 bits per heavy atom. The third kappa shape index (κ3) is 6.22. The van der Waals surface area contributed by atoms with Crippen LogP contribution in [0.4, 0.5) is 4.39 Å². The second-order valence-electron chi connectivity index (χ2n) is 9.38. The molecule has 0 saturated carbocycles. The van der Waals surface area contributed by atoms with Crippen molar-refractivity contribution in [2.24, 2.45) is 0 Å². The number of nitrogens with one attached hydrogen (secondary N) is 3. The van der Waals surface area contributed by atoms with E-state index in [-0.39, 0.29) is 24.1 Å². The lowest BCUT2D eigenvalue weighted by Crippen LogP contribution is -2.51. The van der Waals surface area contributed by atoms with Crippen LogP contribution in [0.5, 0.6) is 0 Å². The van der Waals surface area contributed by atoms with Gasteiger partial charge in [-0.05, 0) is 52.2 Å². The monoisotopic (exact) mass is 510 g/mol. The number of piperidine rings is 1. The van der Waals surface area contributed by atoms with Crippen LogP contribution in [0.3, 0.4) is 0 Å². The summed E-state index contributed by atoms with van der Waals surface area (Å²) in [6.45, 7) is 5.95. The van der Waals surface area contributed by atoms with Crippen molar-refractivity contribution in [3.63, 3.8) is 0 Å². The Morgan fingerprint density at radius 2 is 2.03 bits per heavy atom. The maximum atomic E-state index is 14.2. The van der Waals surface area contributed by atoms with Crippen molar-refractivity contribution in [1.29, 1.82) is 0 Å². The second-order valence-corrected chi connectivity index (χ2v) is 9.38. The van der Waals surface area contributed by atoms with Crippen molar-refractivity contribution in [1.82, 2.24) is 30.7 Å². The van der Waals surface area contributed by atoms with Crippen LogP contribution in [-0.2, 0) is 9.59 Å². The molecule has 3 heterocycles. The van der Waals surface area contributed by atoms with E-state index in [1.165, 1.54) is 18.3 Å². The summed E-state index contributed by atoms with van der Waals surface area (Å²) in [4.78, 5) is 48.2. The Hall–Kier alpha value is -4.02. The topological polar surface area (TPSA) is 133 Å². The molecule has 2 aromatic heterocycles. The first-order chi connectivity index (χ1) is 17.7. The van der Waals surface area contributed by atoms with E-state index in [1.807, 2.05) is 6.92 Å². The van der Waals surface area contributed by atoms with Gasteiger partial charge in [-0.15, -0.1) is 0 Å². The Kier molecular flexibility index (Phi) is 8.00. The largest absolute Gasteiger partial charge is 0.361 e. The zero-order valence-electron chi connectivity index (χ0n) is 21.1. The van der Waals surface area contributed by atoms with Gasteiger partial charge in [-0.1, -0.05) is 17.3 Å². The number of carbonyl (C=O) groups excluding carboxylic acids is 3. The van der Waals surface area contributed by atoms with E-state index in [4.69, 9.17) is 4.52 Å². The van der Waals surface area contributed by atoms with Crippen molar-refractivity contribution >= 4 is 17.7 Å². The smallest absolute Gasteiger partial charge is 0.274 e. The highest BCUT2D eigenvalue weighted by atomic mass is 19.1. The summed E-state index contributed by atoms with van der Waals surface area (Å²) in [5.74, 6) is -0.935. The molecule has 3 atom stereocenters. The average molecular weight is 511 g/mol. The van der Waals surface area contributed by atoms with Crippen molar-refractivity contribution in [2.45, 2.75) is 64.6 Å². The minimum atomic E-state index is -1.14. The molecule has 1 saturated heterocycles. The number of benzene rings is 1. The number of nitrogens with zero attached hydrogens (tertiary/aromatic N) is 3. The lowest BCUT2D eigenvalue weighted by atomic mass is 10.0. The van der Waals surface area contributed by atoms with E-state index in [1.54, 1.807) is 36.9 Å². The third-order valence-electron chi connectivity index (χ3n) is 6.51. The number of rotatable bonds is 8. The van der Waals surface area contributed by atoms with E-state index < -0.39 is 29.7 Å². The zero-order valence-corrected chi connectivity index (χ0v) is 21.1. The van der Waals surface area contributed by atoms with Crippen LogP contribution in [0.1, 0.15) is 67.6 Å². The first kappa shape index (κ1) is 26.1. The predicted molar refractivity (Wildman–Crippen MR) is 133 cm³/mol. The van der Waals surface area contributed by atoms with Crippen LogP contribution in [0.25, 0.3) is 11.3 Å². The van der Waals surface area contributed by atoms with Crippen LogP contribution in [0.15, 0.2) is 41.1 Å². The number of H-pyrrole nitrogens is 1. The predicted octanol–water partition coefficient (Wildman–Crippen LogP) is 3.28. The maximum Gasteiger partial charge on any atom is 0.274 e. The lowest BCUT2D eigenvalue weighted by molar-refractivity contribution is -0.137. The van der Waals surface area contributed by atoms with Gasteiger partial charge in [0, 0.05) is 24.2 Å². The fraction of sp³-hybridized carbons (Fsp3) is 0.423. The molecule has 0 radical (unpaired) electrons. The number of imidazole rings is 1. The van der Waals surface area contributed by atoms with Gasteiger partial charge in [0.1, 0.15) is 23.4 Å². The van der Waals surface area contributed by atoms with Crippen LogP contribution in [0, 0.1) is 12.7 Å².